The molecule has 0 saturated heterocycles. The van der Waals surface area contributed by atoms with E-state index in [2.05, 4.69) is 21.2 Å². The zero-order valence-corrected chi connectivity index (χ0v) is 14.1. The van der Waals surface area contributed by atoms with Crippen LogP contribution in [0.2, 0.25) is 0 Å². The summed E-state index contributed by atoms with van der Waals surface area (Å²) in [5.74, 6) is -0.0937. The van der Waals surface area contributed by atoms with Crippen molar-refractivity contribution in [3.05, 3.63) is 57.6 Å². The molecule has 0 saturated carbocycles. The van der Waals surface area contributed by atoms with E-state index in [1.165, 1.54) is 0 Å². The lowest BCUT2D eigenvalue weighted by molar-refractivity contribution is 0.0696. The zero-order valence-electron chi connectivity index (χ0n) is 12.5. The van der Waals surface area contributed by atoms with E-state index >= 15 is 0 Å². The summed E-state index contributed by atoms with van der Waals surface area (Å²) in [5, 5.41) is 12.5. The molecule has 0 spiro atoms. The fraction of sp³-hybridized carbons (Fsp3) is 0.235. The number of anilines is 1. The summed E-state index contributed by atoms with van der Waals surface area (Å²) in [6, 6.07) is 11.1. The molecule has 2 aromatic carbocycles. The summed E-state index contributed by atoms with van der Waals surface area (Å²) in [5.41, 5.74) is 2.85. The van der Waals surface area contributed by atoms with Crippen LogP contribution in [0.25, 0.3) is 0 Å². The third kappa shape index (κ3) is 3.80. The van der Waals surface area contributed by atoms with E-state index in [0.29, 0.717) is 18.7 Å². The average Bonchev–Trinajstić information content (AvgIpc) is 2.48. The summed E-state index contributed by atoms with van der Waals surface area (Å²) in [7, 11) is 0. The molecule has 0 unspecified atom stereocenters. The molecule has 0 radical (unpaired) electrons. The standard InChI is InChI=1S/C17H18BrNO3/c1-3-22-16-8-7-13(18)9-12(16)10-19-15-6-4-5-14(11(15)2)17(20)21/h4-9,19H,3,10H2,1-2H3,(H,20,21). The minimum atomic E-state index is -0.918. The second-order valence-corrected chi connectivity index (χ2v) is 5.74. The number of benzene rings is 2. The molecule has 22 heavy (non-hydrogen) atoms. The van der Waals surface area contributed by atoms with Gasteiger partial charge >= 0.3 is 5.97 Å². The second kappa shape index (κ2) is 7.31. The van der Waals surface area contributed by atoms with Crippen LogP contribution in [0.1, 0.15) is 28.4 Å². The van der Waals surface area contributed by atoms with Crippen molar-refractivity contribution in [2.75, 3.05) is 11.9 Å². The number of hydrogen-bond acceptors (Lipinski definition) is 3. The predicted molar refractivity (Wildman–Crippen MR) is 90.8 cm³/mol. The SMILES string of the molecule is CCOc1ccc(Br)cc1CNc1cccc(C(=O)O)c1C. The summed E-state index contributed by atoms with van der Waals surface area (Å²) < 4.78 is 6.59. The number of hydrogen-bond donors (Lipinski definition) is 2. The van der Waals surface area contributed by atoms with Crippen LogP contribution in [0.5, 0.6) is 5.75 Å². The van der Waals surface area contributed by atoms with Gasteiger partial charge in [0.15, 0.2) is 0 Å². The first kappa shape index (κ1) is 16.4. The van der Waals surface area contributed by atoms with Gasteiger partial charge in [-0.15, -0.1) is 0 Å². The molecule has 0 fully saturated rings. The van der Waals surface area contributed by atoms with Crippen LogP contribution in [0.15, 0.2) is 40.9 Å². The maximum Gasteiger partial charge on any atom is 0.336 e. The number of ether oxygens (including phenoxy) is 1. The van der Waals surface area contributed by atoms with Gasteiger partial charge in [0.1, 0.15) is 5.75 Å². The predicted octanol–water partition coefficient (Wildman–Crippen LogP) is 4.47. The number of carboxylic acid groups (broad SMARTS) is 1. The first-order chi connectivity index (χ1) is 10.5. The van der Waals surface area contributed by atoms with Crippen molar-refractivity contribution < 1.29 is 14.6 Å². The summed E-state index contributed by atoms with van der Waals surface area (Å²) in [4.78, 5) is 11.2. The molecule has 0 atom stereocenters. The highest BCUT2D eigenvalue weighted by Crippen LogP contribution is 2.26. The van der Waals surface area contributed by atoms with Gasteiger partial charge in [-0.3, -0.25) is 0 Å². The molecule has 2 aromatic rings. The first-order valence-electron chi connectivity index (χ1n) is 7.01. The average molecular weight is 364 g/mol. The molecule has 0 aliphatic carbocycles. The normalized spacial score (nSPS) is 10.3. The van der Waals surface area contributed by atoms with Gasteiger partial charge in [-0.05, 0) is 49.7 Å². The Morgan fingerprint density at radius 3 is 2.77 bits per heavy atom. The Hall–Kier alpha value is -2.01. The number of carboxylic acids is 1. The van der Waals surface area contributed by atoms with Crippen LogP contribution in [-0.2, 0) is 6.54 Å². The van der Waals surface area contributed by atoms with E-state index in [-0.39, 0.29) is 0 Å². The molecule has 0 aliphatic rings. The number of halogens is 1. The fourth-order valence-corrected chi connectivity index (χ4v) is 2.64. The van der Waals surface area contributed by atoms with E-state index in [1.54, 1.807) is 19.1 Å². The highest BCUT2D eigenvalue weighted by molar-refractivity contribution is 9.10. The molecular formula is C17H18BrNO3. The number of rotatable bonds is 6. The summed E-state index contributed by atoms with van der Waals surface area (Å²) in [6.07, 6.45) is 0. The van der Waals surface area contributed by atoms with Gasteiger partial charge in [-0.25, -0.2) is 4.79 Å². The number of carbonyl (C=O) groups is 1. The van der Waals surface area contributed by atoms with Crippen molar-refractivity contribution in [3.8, 4) is 5.75 Å². The number of aromatic carboxylic acids is 1. The molecule has 0 bridgehead atoms. The summed E-state index contributed by atoms with van der Waals surface area (Å²) >= 11 is 3.46. The van der Waals surface area contributed by atoms with Crippen LogP contribution in [0.3, 0.4) is 0 Å². The van der Waals surface area contributed by atoms with Gasteiger partial charge in [0, 0.05) is 22.3 Å². The lowest BCUT2D eigenvalue weighted by atomic mass is 10.1. The minimum absolute atomic E-state index is 0.310. The van der Waals surface area contributed by atoms with E-state index in [4.69, 9.17) is 4.74 Å². The quantitative estimate of drug-likeness (QED) is 0.794. The summed E-state index contributed by atoms with van der Waals surface area (Å²) in [6.45, 7) is 4.90. The Morgan fingerprint density at radius 2 is 2.09 bits per heavy atom. The van der Waals surface area contributed by atoms with E-state index in [0.717, 1.165) is 27.0 Å². The van der Waals surface area contributed by atoms with Crippen LogP contribution in [0.4, 0.5) is 5.69 Å². The van der Waals surface area contributed by atoms with E-state index in [1.807, 2.05) is 31.2 Å². The topological polar surface area (TPSA) is 58.6 Å². The lowest BCUT2D eigenvalue weighted by Gasteiger charge is -2.14. The van der Waals surface area contributed by atoms with Crippen LogP contribution in [0, 0.1) is 6.92 Å². The third-order valence-corrected chi connectivity index (χ3v) is 3.85. The first-order valence-corrected chi connectivity index (χ1v) is 7.80. The number of nitrogens with one attached hydrogen (secondary N) is 1. The Morgan fingerprint density at radius 1 is 1.32 bits per heavy atom. The van der Waals surface area contributed by atoms with Crippen LogP contribution >= 0.6 is 15.9 Å². The lowest BCUT2D eigenvalue weighted by Crippen LogP contribution is -2.07. The van der Waals surface area contributed by atoms with E-state index < -0.39 is 5.97 Å². The molecule has 4 nitrogen and oxygen atoms in total. The van der Waals surface area contributed by atoms with Gasteiger partial charge < -0.3 is 15.2 Å². The third-order valence-electron chi connectivity index (χ3n) is 3.36. The zero-order chi connectivity index (χ0) is 16.1. The molecule has 0 amide bonds. The van der Waals surface area contributed by atoms with Gasteiger partial charge in [-0.2, -0.15) is 0 Å². The molecule has 0 heterocycles. The van der Waals surface area contributed by atoms with Crippen molar-refractivity contribution in [2.24, 2.45) is 0 Å². The van der Waals surface area contributed by atoms with Crippen molar-refractivity contribution in [2.45, 2.75) is 20.4 Å². The smallest absolute Gasteiger partial charge is 0.336 e. The highest BCUT2D eigenvalue weighted by atomic mass is 79.9. The maximum atomic E-state index is 11.2. The molecule has 0 aromatic heterocycles. The van der Waals surface area contributed by atoms with Crippen LogP contribution in [-0.4, -0.2) is 17.7 Å². The molecule has 2 rings (SSSR count). The Balaban J connectivity index is 2.22. The Bertz CT molecular complexity index is 686. The van der Waals surface area contributed by atoms with Crippen LogP contribution < -0.4 is 10.1 Å². The van der Waals surface area contributed by atoms with Gasteiger partial charge in [0.2, 0.25) is 0 Å². The molecular weight excluding hydrogens is 346 g/mol. The minimum Gasteiger partial charge on any atom is -0.494 e. The van der Waals surface area contributed by atoms with Gasteiger partial charge in [-0.1, -0.05) is 22.0 Å². The maximum absolute atomic E-state index is 11.2. The van der Waals surface area contributed by atoms with E-state index in [9.17, 15) is 9.90 Å². The second-order valence-electron chi connectivity index (χ2n) is 4.82. The fourth-order valence-electron chi connectivity index (χ4n) is 2.23. The van der Waals surface area contributed by atoms with Crippen molar-refractivity contribution >= 4 is 27.6 Å². The Labute approximate surface area is 138 Å². The molecule has 0 aliphatic heterocycles. The highest BCUT2D eigenvalue weighted by Gasteiger charge is 2.11. The molecule has 2 N–H and O–H groups in total. The van der Waals surface area contributed by atoms with Gasteiger partial charge in [0.25, 0.3) is 0 Å². The van der Waals surface area contributed by atoms with Gasteiger partial charge in [0.05, 0.1) is 12.2 Å². The molecule has 116 valence electrons. The van der Waals surface area contributed by atoms with Crippen molar-refractivity contribution in [1.82, 2.24) is 0 Å². The molecule has 5 heteroatoms. The largest absolute Gasteiger partial charge is 0.494 e. The Kier molecular flexibility index (Phi) is 5.44. The van der Waals surface area contributed by atoms with Crippen molar-refractivity contribution in [3.63, 3.8) is 0 Å². The van der Waals surface area contributed by atoms with Crippen molar-refractivity contribution in [1.29, 1.82) is 0 Å². The monoisotopic (exact) mass is 363 g/mol.